The zero-order valence-corrected chi connectivity index (χ0v) is 21.5. The molecule has 0 aliphatic rings. The van der Waals surface area contributed by atoms with Crippen LogP contribution in [0.2, 0.25) is 10.0 Å². The highest BCUT2D eigenvalue weighted by Crippen LogP contribution is 2.38. The second kappa shape index (κ2) is 12.0. The molecule has 176 valence electrons. The molecule has 2 atom stereocenters. The topological polar surface area (TPSA) is 44.8 Å². The molecule has 0 saturated heterocycles. The van der Waals surface area contributed by atoms with Crippen LogP contribution in [0.5, 0.6) is 11.5 Å². The molecule has 0 fully saturated rings. The molecule has 0 unspecified atom stereocenters. The van der Waals surface area contributed by atoms with E-state index in [9.17, 15) is 4.79 Å². The van der Waals surface area contributed by atoms with Crippen LogP contribution in [0.25, 0.3) is 0 Å². The summed E-state index contributed by atoms with van der Waals surface area (Å²) in [6.45, 7) is 10.6. The fraction of sp³-hybridized carbons (Fsp3) is 0.480. The summed E-state index contributed by atoms with van der Waals surface area (Å²) >= 11 is 18.8. The van der Waals surface area contributed by atoms with E-state index in [0.717, 1.165) is 17.5 Å². The van der Waals surface area contributed by atoms with Crippen molar-refractivity contribution >= 4 is 40.8 Å². The van der Waals surface area contributed by atoms with Crippen LogP contribution in [0.15, 0.2) is 36.4 Å². The van der Waals surface area contributed by atoms with Crippen LogP contribution in [-0.2, 0) is 14.9 Å². The summed E-state index contributed by atoms with van der Waals surface area (Å²) in [6.07, 6.45) is 0.518. The van der Waals surface area contributed by atoms with Crippen molar-refractivity contribution in [3.8, 4) is 11.5 Å². The Morgan fingerprint density at radius 1 is 0.969 bits per heavy atom. The predicted molar refractivity (Wildman–Crippen MR) is 132 cm³/mol. The number of ether oxygens (including phenoxy) is 3. The minimum absolute atomic E-state index is 0.124. The van der Waals surface area contributed by atoms with E-state index in [1.54, 1.807) is 0 Å². The molecule has 0 amide bonds. The summed E-state index contributed by atoms with van der Waals surface area (Å²) < 4.78 is 16.7. The molecule has 0 N–H and O–H groups in total. The van der Waals surface area contributed by atoms with Crippen molar-refractivity contribution in [3.05, 3.63) is 57.6 Å². The third kappa shape index (κ3) is 7.19. The van der Waals surface area contributed by atoms with Crippen molar-refractivity contribution < 1.29 is 19.0 Å². The quantitative estimate of drug-likeness (QED) is 0.239. The van der Waals surface area contributed by atoms with Crippen LogP contribution < -0.4 is 9.47 Å². The second-order valence-corrected chi connectivity index (χ2v) is 9.56. The molecule has 0 spiro atoms. The zero-order chi connectivity index (χ0) is 23.9. The van der Waals surface area contributed by atoms with Gasteiger partial charge in [-0.2, -0.15) is 0 Å². The Kier molecular flexibility index (Phi) is 10.00. The van der Waals surface area contributed by atoms with Gasteiger partial charge in [0, 0.05) is 12.3 Å². The fourth-order valence-corrected chi connectivity index (χ4v) is 3.68. The minimum Gasteiger partial charge on any atom is -0.492 e. The molecular weight excluding hydrogens is 471 g/mol. The highest BCUT2D eigenvalue weighted by Gasteiger charge is 2.25. The summed E-state index contributed by atoms with van der Waals surface area (Å²) in [7, 11) is 0. The van der Waals surface area contributed by atoms with E-state index < -0.39 is 12.1 Å². The van der Waals surface area contributed by atoms with Crippen LogP contribution in [0, 0.1) is 5.92 Å². The average Bonchev–Trinajstić information content (AvgIpc) is 2.75. The van der Waals surface area contributed by atoms with Gasteiger partial charge in [-0.05, 0) is 41.3 Å². The molecule has 7 heteroatoms. The van der Waals surface area contributed by atoms with Gasteiger partial charge in [-0.15, -0.1) is 11.6 Å². The van der Waals surface area contributed by atoms with Crippen LogP contribution >= 0.6 is 34.8 Å². The smallest absolute Gasteiger partial charge is 0.303 e. The van der Waals surface area contributed by atoms with Crippen LogP contribution in [0.4, 0.5) is 0 Å². The van der Waals surface area contributed by atoms with Crippen LogP contribution in [0.1, 0.15) is 52.2 Å². The number of carbonyl (C=O) groups excluding carboxylic acids is 1. The number of halogens is 3. The van der Waals surface area contributed by atoms with Crippen LogP contribution in [0.3, 0.4) is 0 Å². The van der Waals surface area contributed by atoms with E-state index in [-0.39, 0.29) is 17.9 Å². The lowest BCUT2D eigenvalue weighted by molar-refractivity contribution is -0.146. The Morgan fingerprint density at radius 2 is 1.47 bits per heavy atom. The molecule has 2 aromatic carbocycles. The molecule has 2 aromatic rings. The Bertz CT molecular complexity index is 914. The van der Waals surface area contributed by atoms with Crippen molar-refractivity contribution in [1.29, 1.82) is 0 Å². The highest BCUT2D eigenvalue weighted by atomic mass is 35.5. The molecule has 0 aliphatic heterocycles. The molecule has 0 aromatic heterocycles. The van der Waals surface area contributed by atoms with Crippen LogP contribution in [-0.4, -0.2) is 31.2 Å². The van der Waals surface area contributed by atoms with Gasteiger partial charge in [0.05, 0.1) is 22.5 Å². The lowest BCUT2D eigenvalue weighted by atomic mass is 9.78. The lowest BCUT2D eigenvalue weighted by Gasteiger charge is -2.27. The molecule has 4 nitrogen and oxygen atoms in total. The second-order valence-electron chi connectivity index (χ2n) is 8.44. The summed E-state index contributed by atoms with van der Waals surface area (Å²) in [5.41, 5.74) is 1.70. The number of hydrogen-bond donors (Lipinski definition) is 0. The first-order chi connectivity index (χ1) is 15.1. The Morgan fingerprint density at radius 3 is 1.88 bits per heavy atom. The molecule has 0 bridgehead atoms. The maximum absolute atomic E-state index is 11.1. The number of carbonyl (C=O) groups is 1. The number of esters is 1. The minimum atomic E-state index is -0.537. The molecule has 2 rings (SSSR count). The zero-order valence-electron chi connectivity index (χ0n) is 19.2. The third-order valence-corrected chi connectivity index (χ3v) is 6.39. The Labute approximate surface area is 206 Å². The number of rotatable bonds is 11. The van der Waals surface area contributed by atoms with Crippen molar-refractivity contribution in [2.75, 3.05) is 19.1 Å². The summed E-state index contributed by atoms with van der Waals surface area (Å²) in [6, 6.07) is 11.5. The standard InChI is InChI=1S/C25H31Cl3O4/c1-6-16(2)14-30-23-9-7-18(11-21(23)27)25(4,5)19-8-10-24(22(28)12-19)31-15-20(13-26)32-17(3)29/h7-12,16,20H,6,13-15H2,1-5H3/t16-,20+/m0/s1. The van der Waals surface area contributed by atoms with Gasteiger partial charge in [-0.1, -0.05) is 69.5 Å². The number of benzene rings is 2. The van der Waals surface area contributed by atoms with Gasteiger partial charge < -0.3 is 14.2 Å². The first-order valence-corrected chi connectivity index (χ1v) is 12.0. The Balaban J connectivity index is 2.15. The van der Waals surface area contributed by atoms with E-state index >= 15 is 0 Å². The van der Waals surface area contributed by atoms with E-state index in [1.165, 1.54) is 6.92 Å². The lowest BCUT2D eigenvalue weighted by Crippen LogP contribution is -2.25. The van der Waals surface area contributed by atoms with Gasteiger partial charge in [0.25, 0.3) is 0 Å². The molecule has 32 heavy (non-hydrogen) atoms. The van der Waals surface area contributed by atoms with Gasteiger partial charge in [-0.25, -0.2) is 0 Å². The van der Waals surface area contributed by atoms with E-state index in [0.29, 0.717) is 34.1 Å². The van der Waals surface area contributed by atoms with Gasteiger partial charge in [0.15, 0.2) is 0 Å². The largest absolute Gasteiger partial charge is 0.492 e. The third-order valence-electron chi connectivity index (χ3n) is 5.46. The molecule has 0 saturated carbocycles. The summed E-state index contributed by atoms with van der Waals surface area (Å²) in [5, 5.41) is 1.05. The maximum Gasteiger partial charge on any atom is 0.303 e. The monoisotopic (exact) mass is 500 g/mol. The summed E-state index contributed by atoms with van der Waals surface area (Å²) in [5.74, 6) is 1.39. The van der Waals surface area contributed by atoms with E-state index in [2.05, 4.69) is 27.7 Å². The highest BCUT2D eigenvalue weighted by molar-refractivity contribution is 6.32. The number of hydrogen-bond acceptors (Lipinski definition) is 4. The summed E-state index contributed by atoms with van der Waals surface area (Å²) in [4.78, 5) is 11.1. The van der Waals surface area contributed by atoms with Gasteiger partial charge in [0.1, 0.15) is 24.2 Å². The average molecular weight is 502 g/mol. The van der Waals surface area contributed by atoms with Gasteiger partial charge in [-0.3, -0.25) is 4.79 Å². The number of alkyl halides is 1. The van der Waals surface area contributed by atoms with Crippen molar-refractivity contribution in [2.45, 2.75) is 52.6 Å². The van der Waals surface area contributed by atoms with Crippen molar-refractivity contribution in [2.24, 2.45) is 5.92 Å². The van der Waals surface area contributed by atoms with Crippen molar-refractivity contribution in [3.63, 3.8) is 0 Å². The first kappa shape index (κ1) is 26.6. The van der Waals surface area contributed by atoms with Gasteiger partial charge >= 0.3 is 5.97 Å². The van der Waals surface area contributed by atoms with E-state index in [4.69, 9.17) is 49.0 Å². The molecule has 0 radical (unpaired) electrons. The first-order valence-electron chi connectivity index (χ1n) is 10.7. The molecular formula is C25H31Cl3O4. The predicted octanol–water partition coefficient (Wildman–Crippen LogP) is 7.29. The maximum atomic E-state index is 11.1. The Hall–Kier alpha value is -1.62. The molecule has 0 aliphatic carbocycles. The molecule has 0 heterocycles. The van der Waals surface area contributed by atoms with Crippen molar-refractivity contribution in [1.82, 2.24) is 0 Å². The van der Waals surface area contributed by atoms with E-state index in [1.807, 2.05) is 36.4 Å². The fourth-order valence-electron chi connectivity index (χ4n) is 3.06. The van der Waals surface area contributed by atoms with Gasteiger partial charge in [0.2, 0.25) is 0 Å². The normalized spacial score (nSPS) is 13.4. The SMILES string of the molecule is CC[C@H](C)COc1ccc(C(C)(C)c2ccc(OC[C@@H](CCl)OC(C)=O)c(Cl)c2)cc1Cl.